The molecule has 3 nitrogen and oxygen atoms in total. The van der Waals surface area contributed by atoms with Crippen molar-refractivity contribution in [1.82, 2.24) is 0 Å². The van der Waals surface area contributed by atoms with Crippen LogP contribution in [0, 0.1) is 0 Å². The number of halogens is 1. The van der Waals surface area contributed by atoms with Gasteiger partial charge in [0.1, 0.15) is 4.90 Å². The lowest BCUT2D eigenvalue weighted by molar-refractivity contribution is 0.103. The van der Waals surface area contributed by atoms with Crippen molar-refractivity contribution in [2.24, 2.45) is 0 Å². The van der Waals surface area contributed by atoms with Crippen LogP contribution < -0.4 is 0 Å². The predicted octanol–water partition coefficient (Wildman–Crippen LogP) is 5.01. The average molecular weight is 401 g/mol. The lowest BCUT2D eigenvalue weighted by Gasteiger charge is -2.21. The molecule has 0 unspecified atom stereocenters. The Morgan fingerprint density at radius 1 is 0.846 bits per heavy atom. The molecule has 130 valence electrons. The van der Waals surface area contributed by atoms with Crippen LogP contribution >= 0.6 is 23.4 Å². The molecule has 0 saturated carbocycles. The zero-order valence-corrected chi connectivity index (χ0v) is 15.9. The first-order chi connectivity index (χ1) is 12.5. The van der Waals surface area contributed by atoms with Gasteiger partial charge in [-0.2, -0.15) is 0 Å². The lowest BCUT2D eigenvalue weighted by Crippen LogP contribution is -2.20. The van der Waals surface area contributed by atoms with Crippen LogP contribution in [0.3, 0.4) is 0 Å². The minimum absolute atomic E-state index is 0.0182. The topological polar surface area (TPSA) is 51.2 Å². The second kappa shape index (κ2) is 6.58. The van der Waals surface area contributed by atoms with Gasteiger partial charge < -0.3 is 0 Å². The van der Waals surface area contributed by atoms with Crippen LogP contribution in [0.25, 0.3) is 0 Å². The Kier molecular flexibility index (Phi) is 4.39. The van der Waals surface area contributed by atoms with E-state index in [0.29, 0.717) is 10.6 Å². The van der Waals surface area contributed by atoms with Crippen molar-refractivity contribution in [3.05, 3.63) is 88.4 Å². The number of benzene rings is 3. The third-order valence-corrected chi connectivity index (χ3v) is 7.88. The first-order valence-corrected chi connectivity index (χ1v) is 10.7. The molecule has 1 aliphatic heterocycles. The molecular formula is C20H13ClO3S2. The molecule has 26 heavy (non-hydrogen) atoms. The van der Waals surface area contributed by atoms with Crippen LogP contribution in [0.1, 0.15) is 21.5 Å². The minimum Gasteiger partial charge on any atom is -0.289 e. The van der Waals surface area contributed by atoms with E-state index in [1.165, 1.54) is 23.9 Å². The first kappa shape index (κ1) is 17.3. The van der Waals surface area contributed by atoms with Crippen LogP contribution in [-0.4, -0.2) is 14.2 Å². The Balaban J connectivity index is 1.80. The van der Waals surface area contributed by atoms with Crippen molar-refractivity contribution in [2.45, 2.75) is 20.4 Å². The number of fused-ring (bicyclic) bond motifs is 2. The number of rotatable bonds is 3. The largest absolute Gasteiger partial charge is 0.289 e. The molecule has 0 spiro atoms. The summed E-state index contributed by atoms with van der Waals surface area (Å²) in [7, 11) is -3.84. The third kappa shape index (κ3) is 2.76. The highest BCUT2D eigenvalue weighted by molar-refractivity contribution is 7.98. The van der Waals surface area contributed by atoms with Crippen molar-refractivity contribution in [1.29, 1.82) is 0 Å². The van der Waals surface area contributed by atoms with Gasteiger partial charge in [0, 0.05) is 21.8 Å². The molecule has 3 aromatic rings. The van der Waals surface area contributed by atoms with Gasteiger partial charge in [-0.15, -0.1) is 11.8 Å². The summed E-state index contributed by atoms with van der Waals surface area (Å²) in [6, 6.07) is 19.4. The van der Waals surface area contributed by atoms with Crippen LogP contribution in [0.4, 0.5) is 0 Å². The summed E-state index contributed by atoms with van der Waals surface area (Å²) < 4.78 is 26.1. The fourth-order valence-electron chi connectivity index (χ4n) is 2.97. The highest BCUT2D eigenvalue weighted by Gasteiger charge is 2.37. The summed E-state index contributed by atoms with van der Waals surface area (Å²) in [4.78, 5) is 13.3. The van der Waals surface area contributed by atoms with Gasteiger partial charge in [-0.3, -0.25) is 4.79 Å². The zero-order valence-electron chi connectivity index (χ0n) is 13.5. The maximum absolute atomic E-state index is 13.0. The SMILES string of the molecule is O=C1c2ccccc2S(=O)(=O)c2c1ccc(SCc1ccccc1)c2Cl. The molecule has 0 N–H and O–H groups in total. The van der Waals surface area contributed by atoms with Crippen LogP contribution in [0.5, 0.6) is 0 Å². The van der Waals surface area contributed by atoms with Crippen LogP contribution in [0.15, 0.2) is 81.4 Å². The molecule has 1 heterocycles. The lowest BCUT2D eigenvalue weighted by atomic mass is 10.0. The molecule has 0 aliphatic carbocycles. The van der Waals surface area contributed by atoms with E-state index >= 15 is 0 Å². The van der Waals surface area contributed by atoms with E-state index in [0.717, 1.165) is 5.56 Å². The normalized spacial score (nSPS) is 14.6. The van der Waals surface area contributed by atoms with Crippen molar-refractivity contribution < 1.29 is 13.2 Å². The average Bonchev–Trinajstić information content (AvgIpc) is 2.66. The van der Waals surface area contributed by atoms with Gasteiger partial charge in [-0.1, -0.05) is 54.1 Å². The monoisotopic (exact) mass is 400 g/mol. The molecule has 0 radical (unpaired) electrons. The number of sulfone groups is 1. The molecule has 4 rings (SSSR count). The Morgan fingerprint density at radius 2 is 1.54 bits per heavy atom. The minimum atomic E-state index is -3.84. The van der Waals surface area contributed by atoms with Gasteiger partial charge in [0.2, 0.25) is 9.84 Å². The molecule has 0 atom stereocenters. The molecule has 0 aromatic heterocycles. The number of hydrogen-bond donors (Lipinski definition) is 0. The summed E-state index contributed by atoms with van der Waals surface area (Å²) in [5.74, 6) is 0.344. The Labute approximate surface area is 160 Å². The Bertz CT molecular complexity index is 1120. The molecule has 6 heteroatoms. The van der Waals surface area contributed by atoms with E-state index < -0.39 is 9.84 Å². The molecule has 3 aromatic carbocycles. The summed E-state index contributed by atoms with van der Waals surface area (Å²) >= 11 is 7.91. The van der Waals surface area contributed by atoms with Gasteiger partial charge >= 0.3 is 0 Å². The molecular weight excluding hydrogens is 388 g/mol. The second-order valence-corrected chi connectivity index (χ2v) is 9.11. The highest BCUT2D eigenvalue weighted by Crippen LogP contribution is 2.42. The molecule has 0 amide bonds. The summed E-state index contributed by atoms with van der Waals surface area (Å²) in [6.45, 7) is 0. The standard InChI is InChI=1S/C20H13ClO3S2/c21-18-16(25-12-13-6-2-1-3-7-13)11-10-15-19(22)14-8-4-5-9-17(14)26(23,24)20(15)18/h1-11H,12H2. The number of hydrogen-bond acceptors (Lipinski definition) is 4. The fraction of sp³-hybridized carbons (Fsp3) is 0.0500. The van der Waals surface area contributed by atoms with Gasteiger partial charge in [-0.05, 0) is 29.8 Å². The summed E-state index contributed by atoms with van der Waals surface area (Å²) in [5, 5.41) is 0.117. The molecule has 0 saturated heterocycles. The van der Waals surface area contributed by atoms with Gasteiger partial charge in [0.15, 0.2) is 5.78 Å². The first-order valence-electron chi connectivity index (χ1n) is 7.88. The Hall–Kier alpha value is -2.08. The maximum atomic E-state index is 13.0. The summed E-state index contributed by atoms with van der Waals surface area (Å²) in [5.41, 5.74) is 1.44. The van der Waals surface area contributed by atoms with Crippen molar-refractivity contribution in [2.75, 3.05) is 0 Å². The Morgan fingerprint density at radius 3 is 2.31 bits per heavy atom. The zero-order chi connectivity index (χ0) is 18.3. The maximum Gasteiger partial charge on any atom is 0.209 e. The number of thioether (sulfide) groups is 1. The number of carbonyl (C=O) groups is 1. The number of carbonyl (C=O) groups excluding carboxylic acids is 1. The second-order valence-electron chi connectivity index (χ2n) is 5.86. The molecule has 0 bridgehead atoms. The van der Waals surface area contributed by atoms with E-state index in [2.05, 4.69) is 0 Å². The predicted molar refractivity (Wildman–Crippen MR) is 103 cm³/mol. The van der Waals surface area contributed by atoms with Crippen molar-refractivity contribution in [3.63, 3.8) is 0 Å². The summed E-state index contributed by atoms with van der Waals surface area (Å²) in [6.07, 6.45) is 0. The number of ketones is 1. The van der Waals surface area contributed by atoms with Gasteiger partial charge in [-0.25, -0.2) is 8.42 Å². The van der Waals surface area contributed by atoms with E-state index in [1.807, 2.05) is 30.3 Å². The van der Waals surface area contributed by atoms with E-state index in [4.69, 9.17) is 11.6 Å². The van der Waals surface area contributed by atoms with Crippen molar-refractivity contribution >= 4 is 39.0 Å². The fourth-order valence-corrected chi connectivity index (χ4v) is 6.30. The van der Waals surface area contributed by atoms with E-state index in [-0.39, 0.29) is 31.7 Å². The van der Waals surface area contributed by atoms with Crippen LogP contribution in [-0.2, 0) is 15.6 Å². The highest BCUT2D eigenvalue weighted by atomic mass is 35.5. The third-order valence-electron chi connectivity index (χ3n) is 4.23. The van der Waals surface area contributed by atoms with Gasteiger partial charge in [0.05, 0.1) is 9.92 Å². The molecule has 1 aliphatic rings. The van der Waals surface area contributed by atoms with Crippen LogP contribution in [0.2, 0.25) is 5.02 Å². The molecule has 0 fully saturated rings. The quantitative estimate of drug-likeness (QED) is 0.453. The van der Waals surface area contributed by atoms with Crippen molar-refractivity contribution in [3.8, 4) is 0 Å². The van der Waals surface area contributed by atoms with E-state index in [9.17, 15) is 13.2 Å². The smallest absolute Gasteiger partial charge is 0.209 e. The van der Waals surface area contributed by atoms with Gasteiger partial charge in [0.25, 0.3) is 0 Å². The van der Waals surface area contributed by atoms with E-state index in [1.54, 1.807) is 24.3 Å².